The molecule has 3 nitrogen and oxygen atoms in total. The predicted molar refractivity (Wildman–Crippen MR) is 76.0 cm³/mol. The highest BCUT2D eigenvalue weighted by Gasteiger charge is 2.27. The van der Waals surface area contributed by atoms with Crippen LogP contribution in [0.4, 0.5) is 5.69 Å². The van der Waals surface area contributed by atoms with Crippen molar-refractivity contribution in [3.05, 3.63) is 29.8 Å². The van der Waals surface area contributed by atoms with Crippen LogP contribution in [0.25, 0.3) is 0 Å². The maximum absolute atomic E-state index is 9.95. The lowest BCUT2D eigenvalue weighted by atomic mass is 9.93. The van der Waals surface area contributed by atoms with E-state index >= 15 is 0 Å². The second-order valence-corrected chi connectivity index (χ2v) is 5.59. The van der Waals surface area contributed by atoms with Gasteiger partial charge in [-0.3, -0.25) is 0 Å². The minimum Gasteiger partial charge on any atom is -0.390 e. The molecule has 0 spiro atoms. The predicted octanol–water partition coefficient (Wildman–Crippen LogP) is 2.32. The molecule has 1 aromatic rings. The Kier molecular flexibility index (Phi) is 3.93. The van der Waals surface area contributed by atoms with Crippen LogP contribution in [-0.4, -0.2) is 30.8 Å². The minimum atomic E-state index is -0.475. The molecule has 1 aliphatic heterocycles. The Balaban J connectivity index is 2.02. The number of nitrogens with zero attached hydrogens (tertiary/aromatic N) is 1. The summed E-state index contributed by atoms with van der Waals surface area (Å²) in [5.41, 5.74) is 2.10. The van der Waals surface area contributed by atoms with E-state index in [2.05, 4.69) is 41.4 Å². The molecule has 0 amide bonds. The molecule has 18 heavy (non-hydrogen) atoms. The average molecular weight is 248 g/mol. The number of piperidine rings is 1. The summed E-state index contributed by atoms with van der Waals surface area (Å²) in [7, 11) is 1.98. The van der Waals surface area contributed by atoms with Gasteiger partial charge in [-0.1, -0.05) is 12.1 Å². The zero-order valence-corrected chi connectivity index (χ0v) is 11.6. The van der Waals surface area contributed by atoms with Crippen molar-refractivity contribution in [3.63, 3.8) is 0 Å². The molecule has 1 aromatic carbocycles. The largest absolute Gasteiger partial charge is 0.390 e. The third kappa shape index (κ3) is 3.03. The molecular weight excluding hydrogens is 224 g/mol. The Morgan fingerprint density at radius 2 is 1.78 bits per heavy atom. The van der Waals surface area contributed by atoms with Crippen molar-refractivity contribution >= 4 is 5.69 Å². The first-order valence-corrected chi connectivity index (χ1v) is 6.76. The van der Waals surface area contributed by atoms with Gasteiger partial charge in [-0.05, 0) is 51.4 Å². The van der Waals surface area contributed by atoms with Crippen LogP contribution in [0.2, 0.25) is 0 Å². The third-order valence-electron chi connectivity index (χ3n) is 4.03. The number of anilines is 1. The van der Waals surface area contributed by atoms with Gasteiger partial charge in [0.05, 0.1) is 5.60 Å². The van der Waals surface area contributed by atoms with Crippen LogP contribution in [0.3, 0.4) is 0 Å². The lowest BCUT2D eigenvalue weighted by Gasteiger charge is -2.37. The molecule has 2 rings (SSSR count). The summed E-state index contributed by atoms with van der Waals surface area (Å²) in [5, 5.41) is 13.2. The van der Waals surface area contributed by atoms with E-state index in [0.717, 1.165) is 25.9 Å². The van der Waals surface area contributed by atoms with Crippen LogP contribution in [0.1, 0.15) is 38.3 Å². The first kappa shape index (κ1) is 13.4. The van der Waals surface area contributed by atoms with Gasteiger partial charge in [-0.25, -0.2) is 0 Å². The number of nitrogens with one attached hydrogen (secondary N) is 1. The number of aliphatic hydroxyl groups is 1. The summed E-state index contributed by atoms with van der Waals surface area (Å²) in [6, 6.07) is 9.12. The van der Waals surface area contributed by atoms with Gasteiger partial charge >= 0.3 is 0 Å². The van der Waals surface area contributed by atoms with Crippen LogP contribution in [-0.2, 0) is 0 Å². The number of hydrogen-bond acceptors (Lipinski definition) is 3. The van der Waals surface area contributed by atoms with Crippen molar-refractivity contribution < 1.29 is 5.11 Å². The summed E-state index contributed by atoms with van der Waals surface area (Å²) in [6.45, 7) is 5.97. The first-order chi connectivity index (χ1) is 8.52. The average Bonchev–Trinajstić information content (AvgIpc) is 2.38. The Labute approximate surface area is 110 Å². The lowest BCUT2D eigenvalue weighted by Crippen LogP contribution is -2.42. The fourth-order valence-electron chi connectivity index (χ4n) is 2.39. The summed E-state index contributed by atoms with van der Waals surface area (Å²) in [4.78, 5) is 2.35. The van der Waals surface area contributed by atoms with Crippen molar-refractivity contribution in [1.82, 2.24) is 5.32 Å². The molecule has 0 bridgehead atoms. The van der Waals surface area contributed by atoms with Crippen molar-refractivity contribution in [3.8, 4) is 0 Å². The molecule has 2 N–H and O–H groups in total. The highest BCUT2D eigenvalue weighted by molar-refractivity contribution is 5.48. The second-order valence-electron chi connectivity index (χ2n) is 5.59. The van der Waals surface area contributed by atoms with Gasteiger partial charge in [0.25, 0.3) is 0 Å². The highest BCUT2D eigenvalue weighted by Crippen LogP contribution is 2.26. The van der Waals surface area contributed by atoms with E-state index in [1.54, 1.807) is 0 Å². The monoisotopic (exact) mass is 248 g/mol. The molecule has 100 valence electrons. The SMILES string of the molecule is CNC(C)c1ccc(N2CCC(C)(O)CC2)cc1. The molecule has 1 atom stereocenters. The van der Waals surface area contributed by atoms with Crippen molar-refractivity contribution in [1.29, 1.82) is 0 Å². The topological polar surface area (TPSA) is 35.5 Å². The van der Waals surface area contributed by atoms with Gasteiger partial charge < -0.3 is 15.3 Å². The summed E-state index contributed by atoms with van der Waals surface area (Å²) in [6.07, 6.45) is 1.70. The van der Waals surface area contributed by atoms with Gasteiger partial charge in [-0.2, -0.15) is 0 Å². The summed E-state index contributed by atoms with van der Waals surface area (Å²) >= 11 is 0. The molecule has 0 saturated carbocycles. The molecular formula is C15H24N2O. The van der Waals surface area contributed by atoms with Gasteiger partial charge in [0.2, 0.25) is 0 Å². The highest BCUT2D eigenvalue weighted by atomic mass is 16.3. The zero-order chi connectivity index (χ0) is 13.2. The second kappa shape index (κ2) is 5.29. The van der Waals surface area contributed by atoms with E-state index in [1.165, 1.54) is 11.3 Å². The molecule has 1 saturated heterocycles. The number of benzene rings is 1. The van der Waals surface area contributed by atoms with Crippen LogP contribution < -0.4 is 10.2 Å². The molecule has 3 heteroatoms. The van der Waals surface area contributed by atoms with E-state index < -0.39 is 5.60 Å². The van der Waals surface area contributed by atoms with E-state index in [0.29, 0.717) is 6.04 Å². The van der Waals surface area contributed by atoms with E-state index in [9.17, 15) is 5.11 Å². The Morgan fingerprint density at radius 3 is 2.28 bits per heavy atom. The fraction of sp³-hybridized carbons (Fsp3) is 0.600. The van der Waals surface area contributed by atoms with Crippen LogP contribution >= 0.6 is 0 Å². The van der Waals surface area contributed by atoms with Gasteiger partial charge in [0.1, 0.15) is 0 Å². The van der Waals surface area contributed by atoms with E-state index in [4.69, 9.17) is 0 Å². The van der Waals surface area contributed by atoms with Crippen molar-refractivity contribution in [2.24, 2.45) is 0 Å². The molecule has 0 radical (unpaired) electrons. The normalized spacial score (nSPS) is 20.8. The molecule has 1 unspecified atom stereocenters. The first-order valence-electron chi connectivity index (χ1n) is 6.76. The van der Waals surface area contributed by atoms with E-state index in [1.807, 2.05) is 14.0 Å². The van der Waals surface area contributed by atoms with Gasteiger partial charge in [0, 0.05) is 24.8 Å². The standard InChI is InChI=1S/C15H24N2O/c1-12(16-3)13-4-6-14(7-5-13)17-10-8-15(2,18)9-11-17/h4-7,12,16,18H,8-11H2,1-3H3. The van der Waals surface area contributed by atoms with Crippen LogP contribution in [0.5, 0.6) is 0 Å². The molecule has 1 fully saturated rings. The third-order valence-corrected chi connectivity index (χ3v) is 4.03. The number of hydrogen-bond donors (Lipinski definition) is 2. The molecule has 1 aliphatic rings. The summed E-state index contributed by atoms with van der Waals surface area (Å²) in [5.74, 6) is 0. The van der Waals surface area contributed by atoms with Gasteiger partial charge in [-0.15, -0.1) is 0 Å². The number of rotatable bonds is 3. The Hall–Kier alpha value is -1.06. The smallest absolute Gasteiger partial charge is 0.0653 e. The Bertz CT molecular complexity index is 376. The maximum Gasteiger partial charge on any atom is 0.0653 e. The van der Waals surface area contributed by atoms with Crippen molar-refractivity contribution in [2.75, 3.05) is 25.0 Å². The maximum atomic E-state index is 9.95. The molecule has 0 aromatic heterocycles. The van der Waals surface area contributed by atoms with E-state index in [-0.39, 0.29) is 0 Å². The zero-order valence-electron chi connectivity index (χ0n) is 11.6. The van der Waals surface area contributed by atoms with Crippen LogP contribution in [0, 0.1) is 0 Å². The molecule has 0 aliphatic carbocycles. The fourth-order valence-corrected chi connectivity index (χ4v) is 2.39. The van der Waals surface area contributed by atoms with Gasteiger partial charge in [0.15, 0.2) is 0 Å². The molecule has 1 heterocycles. The lowest BCUT2D eigenvalue weighted by molar-refractivity contribution is 0.0351. The Morgan fingerprint density at radius 1 is 1.22 bits per heavy atom. The quantitative estimate of drug-likeness (QED) is 0.861. The minimum absolute atomic E-state index is 0.390. The van der Waals surface area contributed by atoms with Crippen LogP contribution in [0.15, 0.2) is 24.3 Å². The summed E-state index contributed by atoms with van der Waals surface area (Å²) < 4.78 is 0. The van der Waals surface area contributed by atoms with Crippen molar-refractivity contribution in [2.45, 2.75) is 38.3 Å².